The minimum absolute atomic E-state index is 0.740. The van der Waals surface area contributed by atoms with Crippen molar-refractivity contribution in [2.45, 2.75) is 39.5 Å². The number of methoxy groups -OCH3 is 1. The fourth-order valence-corrected chi connectivity index (χ4v) is 2.19. The molecule has 0 aliphatic carbocycles. The summed E-state index contributed by atoms with van der Waals surface area (Å²) in [5.41, 5.74) is 2.92. The summed E-state index contributed by atoms with van der Waals surface area (Å²) < 4.78 is 4.99. The van der Waals surface area contributed by atoms with Crippen LogP contribution in [0.25, 0.3) is 0 Å². The zero-order valence-electron chi connectivity index (χ0n) is 12.7. The van der Waals surface area contributed by atoms with E-state index in [-0.39, 0.29) is 0 Å². The van der Waals surface area contributed by atoms with Crippen LogP contribution in [0.3, 0.4) is 0 Å². The van der Waals surface area contributed by atoms with Gasteiger partial charge in [-0.3, -0.25) is 0 Å². The van der Waals surface area contributed by atoms with E-state index < -0.39 is 0 Å². The summed E-state index contributed by atoms with van der Waals surface area (Å²) in [5.74, 6) is 0.740. The highest BCUT2D eigenvalue weighted by Crippen LogP contribution is 2.11. The Labute approximate surface area is 118 Å². The largest absolute Gasteiger partial charge is 0.383 e. The third kappa shape index (κ3) is 8.02. The maximum Gasteiger partial charge on any atom is 0.0587 e. The number of unbranched alkanes of at least 4 members (excludes halogenated alkanes) is 1. The zero-order chi connectivity index (χ0) is 13.9. The lowest BCUT2D eigenvalue weighted by atomic mass is 10.0. The summed E-state index contributed by atoms with van der Waals surface area (Å²) in [6, 6.07) is 9.14. The average molecular weight is 263 g/mol. The monoisotopic (exact) mass is 263 g/mol. The summed E-state index contributed by atoms with van der Waals surface area (Å²) in [4.78, 5) is 0. The molecule has 0 aromatic heterocycles. The molecule has 1 N–H and O–H groups in total. The Hall–Kier alpha value is -0.860. The van der Waals surface area contributed by atoms with Crippen LogP contribution >= 0.6 is 0 Å². The molecule has 0 saturated heterocycles. The third-order valence-corrected chi connectivity index (χ3v) is 3.22. The Bertz CT molecular complexity index is 319. The quantitative estimate of drug-likeness (QED) is 0.653. The molecule has 0 spiro atoms. The minimum Gasteiger partial charge on any atom is -0.383 e. The van der Waals surface area contributed by atoms with Crippen LogP contribution in [0.15, 0.2) is 24.3 Å². The van der Waals surface area contributed by atoms with Gasteiger partial charge in [-0.15, -0.1) is 0 Å². The molecule has 0 atom stereocenters. The lowest BCUT2D eigenvalue weighted by Gasteiger charge is -2.07. The van der Waals surface area contributed by atoms with Gasteiger partial charge in [0.05, 0.1) is 6.61 Å². The summed E-state index contributed by atoms with van der Waals surface area (Å²) >= 11 is 0. The summed E-state index contributed by atoms with van der Waals surface area (Å²) in [5, 5.41) is 3.38. The highest BCUT2D eigenvalue weighted by molar-refractivity contribution is 5.22. The van der Waals surface area contributed by atoms with Gasteiger partial charge in [0.15, 0.2) is 0 Å². The zero-order valence-corrected chi connectivity index (χ0v) is 12.7. The Balaban J connectivity index is 2.12. The number of ether oxygens (including phenoxy) is 1. The van der Waals surface area contributed by atoms with Crippen molar-refractivity contribution in [3.63, 3.8) is 0 Å². The average Bonchev–Trinajstić information content (AvgIpc) is 2.39. The first kappa shape index (κ1) is 16.2. The van der Waals surface area contributed by atoms with Crippen molar-refractivity contribution in [2.24, 2.45) is 5.92 Å². The molecule has 1 rings (SSSR count). The molecule has 0 aliphatic heterocycles. The minimum atomic E-state index is 0.740. The normalized spacial score (nSPS) is 11.2. The SMILES string of the molecule is COCCNCCCCc1ccc(CC(C)C)cc1. The van der Waals surface area contributed by atoms with Crippen molar-refractivity contribution in [1.29, 1.82) is 0 Å². The van der Waals surface area contributed by atoms with Gasteiger partial charge < -0.3 is 10.1 Å². The maximum absolute atomic E-state index is 4.99. The second kappa shape index (κ2) is 9.99. The van der Waals surface area contributed by atoms with Gasteiger partial charge in [-0.2, -0.15) is 0 Å². The van der Waals surface area contributed by atoms with E-state index in [1.807, 2.05) is 0 Å². The fraction of sp³-hybridized carbons (Fsp3) is 0.647. The predicted octanol–water partition coefficient (Wildman–Crippen LogP) is 3.44. The fourth-order valence-electron chi connectivity index (χ4n) is 2.19. The molecule has 1 aromatic carbocycles. The Morgan fingerprint density at radius 2 is 1.68 bits per heavy atom. The van der Waals surface area contributed by atoms with Gasteiger partial charge in [-0.25, -0.2) is 0 Å². The van der Waals surface area contributed by atoms with Crippen molar-refractivity contribution in [1.82, 2.24) is 5.32 Å². The molecule has 0 heterocycles. The van der Waals surface area contributed by atoms with Crippen molar-refractivity contribution in [3.05, 3.63) is 35.4 Å². The van der Waals surface area contributed by atoms with Gasteiger partial charge >= 0.3 is 0 Å². The van der Waals surface area contributed by atoms with Crippen molar-refractivity contribution in [3.8, 4) is 0 Å². The Morgan fingerprint density at radius 1 is 1.00 bits per heavy atom. The number of hydrogen-bond acceptors (Lipinski definition) is 2. The van der Waals surface area contributed by atoms with Crippen LogP contribution in [0.1, 0.15) is 37.8 Å². The predicted molar refractivity (Wildman–Crippen MR) is 82.7 cm³/mol. The molecule has 0 unspecified atom stereocenters. The molecule has 2 heteroatoms. The van der Waals surface area contributed by atoms with Gasteiger partial charge in [0.2, 0.25) is 0 Å². The lowest BCUT2D eigenvalue weighted by molar-refractivity contribution is 0.199. The highest BCUT2D eigenvalue weighted by atomic mass is 16.5. The summed E-state index contributed by atoms with van der Waals surface area (Å²) in [6.45, 7) is 7.39. The number of aryl methyl sites for hydroxylation is 1. The smallest absolute Gasteiger partial charge is 0.0587 e. The van der Waals surface area contributed by atoms with Crippen LogP contribution in [0.5, 0.6) is 0 Å². The summed E-state index contributed by atoms with van der Waals surface area (Å²) in [7, 11) is 1.74. The van der Waals surface area contributed by atoms with Crippen LogP contribution in [-0.4, -0.2) is 26.8 Å². The second-order valence-corrected chi connectivity index (χ2v) is 5.61. The molecule has 19 heavy (non-hydrogen) atoms. The molecule has 0 bridgehead atoms. The van der Waals surface area contributed by atoms with E-state index in [4.69, 9.17) is 4.74 Å². The first-order chi connectivity index (χ1) is 9.22. The van der Waals surface area contributed by atoms with Crippen molar-refractivity contribution >= 4 is 0 Å². The van der Waals surface area contributed by atoms with Crippen LogP contribution in [0.4, 0.5) is 0 Å². The van der Waals surface area contributed by atoms with E-state index >= 15 is 0 Å². The van der Waals surface area contributed by atoms with E-state index in [1.54, 1.807) is 7.11 Å². The molecule has 2 nitrogen and oxygen atoms in total. The van der Waals surface area contributed by atoms with Crippen LogP contribution in [0.2, 0.25) is 0 Å². The first-order valence-electron chi connectivity index (χ1n) is 7.50. The summed E-state index contributed by atoms with van der Waals surface area (Å²) in [6.07, 6.45) is 4.86. The Morgan fingerprint density at radius 3 is 2.32 bits per heavy atom. The lowest BCUT2D eigenvalue weighted by Crippen LogP contribution is -2.20. The molecule has 0 fully saturated rings. The first-order valence-corrected chi connectivity index (χ1v) is 7.50. The molecule has 1 aromatic rings. The molecular formula is C17H29NO. The van der Waals surface area contributed by atoms with Crippen LogP contribution < -0.4 is 5.32 Å². The standard InChI is InChI=1S/C17H29NO/c1-15(2)14-17-9-7-16(8-10-17)6-4-5-11-18-12-13-19-3/h7-10,15,18H,4-6,11-14H2,1-3H3. The van der Waals surface area contributed by atoms with E-state index in [9.17, 15) is 0 Å². The number of rotatable bonds is 10. The van der Waals surface area contributed by atoms with Gasteiger partial charge in [0.1, 0.15) is 0 Å². The van der Waals surface area contributed by atoms with E-state index in [2.05, 4.69) is 43.4 Å². The molecular weight excluding hydrogens is 234 g/mol. The molecule has 0 radical (unpaired) electrons. The second-order valence-electron chi connectivity index (χ2n) is 5.61. The van der Waals surface area contributed by atoms with Crippen molar-refractivity contribution in [2.75, 3.05) is 26.8 Å². The van der Waals surface area contributed by atoms with E-state index in [1.165, 1.54) is 36.8 Å². The number of benzene rings is 1. The maximum atomic E-state index is 4.99. The van der Waals surface area contributed by atoms with Gasteiger partial charge in [-0.1, -0.05) is 38.1 Å². The van der Waals surface area contributed by atoms with Crippen molar-refractivity contribution < 1.29 is 4.74 Å². The van der Waals surface area contributed by atoms with Gasteiger partial charge in [0.25, 0.3) is 0 Å². The molecule has 108 valence electrons. The third-order valence-electron chi connectivity index (χ3n) is 3.22. The van der Waals surface area contributed by atoms with Crippen LogP contribution in [-0.2, 0) is 17.6 Å². The topological polar surface area (TPSA) is 21.3 Å². The van der Waals surface area contributed by atoms with E-state index in [0.717, 1.165) is 25.6 Å². The molecule has 0 saturated carbocycles. The highest BCUT2D eigenvalue weighted by Gasteiger charge is 1.98. The number of nitrogens with one attached hydrogen (secondary N) is 1. The van der Waals surface area contributed by atoms with E-state index in [0.29, 0.717) is 0 Å². The van der Waals surface area contributed by atoms with Gasteiger partial charge in [0, 0.05) is 13.7 Å². The van der Waals surface area contributed by atoms with Crippen LogP contribution in [0, 0.1) is 5.92 Å². The Kier molecular flexibility index (Phi) is 8.52. The number of hydrogen-bond donors (Lipinski definition) is 1. The molecule has 0 amide bonds. The molecule has 0 aliphatic rings. The van der Waals surface area contributed by atoms with Gasteiger partial charge in [-0.05, 0) is 49.3 Å².